The number of hydrogen-bond acceptors (Lipinski definition) is 5. The number of rotatable bonds is 7. The Bertz CT molecular complexity index is 985. The maximum absolute atomic E-state index is 12.9. The monoisotopic (exact) mass is 389 g/mol. The Hall–Kier alpha value is -3.47. The minimum absolute atomic E-state index is 0.170. The van der Waals surface area contributed by atoms with Crippen molar-refractivity contribution in [3.8, 4) is 0 Å². The molecular formula is C24H23NO4. The van der Waals surface area contributed by atoms with Crippen LogP contribution in [0.2, 0.25) is 0 Å². The first-order valence-corrected chi connectivity index (χ1v) is 9.51. The Kier molecular flexibility index (Phi) is 6.74. The normalized spacial score (nSPS) is 10.4. The van der Waals surface area contributed by atoms with E-state index in [4.69, 9.17) is 9.47 Å². The number of carbonyl (C=O) groups is 2. The SMILES string of the molecule is CCOC(=O)c1cc(Cc2ccccc2)c(C(=O)OCc2ccccc2)c(C)n1. The van der Waals surface area contributed by atoms with Crippen LogP contribution >= 0.6 is 0 Å². The van der Waals surface area contributed by atoms with Gasteiger partial charge in [-0.25, -0.2) is 14.6 Å². The summed E-state index contributed by atoms with van der Waals surface area (Å²) >= 11 is 0. The molecule has 1 aromatic heterocycles. The molecule has 0 radical (unpaired) electrons. The minimum atomic E-state index is -0.505. The molecule has 5 heteroatoms. The molecule has 148 valence electrons. The van der Waals surface area contributed by atoms with Gasteiger partial charge in [-0.3, -0.25) is 0 Å². The third kappa shape index (κ3) is 5.29. The molecule has 0 aliphatic carbocycles. The van der Waals surface area contributed by atoms with E-state index in [-0.39, 0.29) is 18.9 Å². The highest BCUT2D eigenvalue weighted by Crippen LogP contribution is 2.21. The molecule has 0 bridgehead atoms. The molecule has 0 amide bonds. The summed E-state index contributed by atoms with van der Waals surface area (Å²) in [6, 6.07) is 20.9. The van der Waals surface area contributed by atoms with Crippen LogP contribution in [0.5, 0.6) is 0 Å². The number of pyridine rings is 1. The van der Waals surface area contributed by atoms with Crippen LogP contribution in [0.15, 0.2) is 66.7 Å². The fourth-order valence-electron chi connectivity index (χ4n) is 3.08. The maximum Gasteiger partial charge on any atom is 0.356 e. The van der Waals surface area contributed by atoms with Crippen molar-refractivity contribution in [1.82, 2.24) is 4.98 Å². The molecule has 5 nitrogen and oxygen atoms in total. The largest absolute Gasteiger partial charge is 0.461 e. The van der Waals surface area contributed by atoms with Gasteiger partial charge in [0.15, 0.2) is 0 Å². The van der Waals surface area contributed by atoms with Crippen molar-refractivity contribution in [3.63, 3.8) is 0 Å². The molecule has 0 saturated carbocycles. The smallest absolute Gasteiger partial charge is 0.356 e. The third-order valence-corrected chi connectivity index (χ3v) is 4.42. The first-order valence-electron chi connectivity index (χ1n) is 9.51. The average Bonchev–Trinajstić information content (AvgIpc) is 2.73. The molecule has 0 atom stereocenters. The van der Waals surface area contributed by atoms with Crippen molar-refractivity contribution < 1.29 is 19.1 Å². The summed E-state index contributed by atoms with van der Waals surface area (Å²) in [6.07, 6.45) is 0.479. The Morgan fingerprint density at radius 1 is 0.862 bits per heavy atom. The van der Waals surface area contributed by atoms with Crippen molar-refractivity contribution >= 4 is 11.9 Å². The summed E-state index contributed by atoms with van der Waals surface area (Å²) in [6.45, 7) is 3.87. The van der Waals surface area contributed by atoms with Crippen LogP contribution < -0.4 is 0 Å². The van der Waals surface area contributed by atoms with E-state index in [0.29, 0.717) is 23.2 Å². The lowest BCUT2D eigenvalue weighted by molar-refractivity contribution is 0.0464. The van der Waals surface area contributed by atoms with Gasteiger partial charge in [0.25, 0.3) is 0 Å². The second-order valence-electron chi connectivity index (χ2n) is 6.57. The number of nitrogens with zero attached hydrogens (tertiary/aromatic N) is 1. The second kappa shape index (κ2) is 9.64. The molecular weight excluding hydrogens is 366 g/mol. The maximum atomic E-state index is 12.9. The summed E-state index contributed by atoms with van der Waals surface area (Å²) in [7, 11) is 0. The fourth-order valence-corrected chi connectivity index (χ4v) is 3.08. The van der Waals surface area contributed by atoms with Gasteiger partial charge in [0.05, 0.1) is 17.9 Å². The Balaban J connectivity index is 1.92. The summed E-state index contributed by atoms with van der Waals surface area (Å²) in [4.78, 5) is 29.4. The summed E-state index contributed by atoms with van der Waals surface area (Å²) in [5, 5.41) is 0. The molecule has 0 saturated heterocycles. The van der Waals surface area contributed by atoms with Crippen LogP contribution in [0, 0.1) is 6.92 Å². The lowest BCUT2D eigenvalue weighted by Crippen LogP contribution is -2.16. The van der Waals surface area contributed by atoms with Gasteiger partial charge in [0.2, 0.25) is 0 Å². The van der Waals surface area contributed by atoms with Crippen molar-refractivity contribution in [1.29, 1.82) is 0 Å². The molecule has 3 aromatic rings. The topological polar surface area (TPSA) is 65.5 Å². The minimum Gasteiger partial charge on any atom is -0.461 e. The molecule has 29 heavy (non-hydrogen) atoms. The van der Waals surface area contributed by atoms with E-state index in [0.717, 1.165) is 11.1 Å². The number of benzene rings is 2. The molecule has 0 fully saturated rings. The Morgan fingerprint density at radius 3 is 2.10 bits per heavy atom. The Morgan fingerprint density at radius 2 is 1.48 bits per heavy atom. The summed E-state index contributed by atoms with van der Waals surface area (Å²) < 4.78 is 10.6. The molecule has 2 aromatic carbocycles. The summed E-state index contributed by atoms with van der Waals surface area (Å²) in [5.74, 6) is -0.964. The van der Waals surface area contributed by atoms with E-state index in [9.17, 15) is 9.59 Å². The Labute approximate surface area is 170 Å². The van der Waals surface area contributed by atoms with Gasteiger partial charge in [-0.1, -0.05) is 60.7 Å². The quantitative estimate of drug-likeness (QED) is 0.556. The number of esters is 2. The fraction of sp³-hybridized carbons (Fsp3) is 0.208. The van der Waals surface area contributed by atoms with Gasteiger partial charge in [-0.05, 0) is 43.0 Å². The van der Waals surface area contributed by atoms with E-state index in [1.54, 1.807) is 19.9 Å². The number of hydrogen-bond donors (Lipinski definition) is 0. The lowest BCUT2D eigenvalue weighted by Gasteiger charge is -2.14. The first-order chi connectivity index (χ1) is 14.1. The van der Waals surface area contributed by atoms with Crippen LogP contribution in [0.3, 0.4) is 0 Å². The zero-order valence-corrected chi connectivity index (χ0v) is 16.6. The standard InChI is InChI=1S/C24H23NO4/c1-3-28-23(26)21-15-20(14-18-10-6-4-7-11-18)22(17(2)25-21)24(27)29-16-19-12-8-5-9-13-19/h4-13,15H,3,14,16H2,1-2H3. The molecule has 0 unspecified atom stereocenters. The molecule has 0 N–H and O–H groups in total. The highest BCUT2D eigenvalue weighted by Gasteiger charge is 2.21. The molecule has 3 rings (SSSR count). The van der Waals surface area contributed by atoms with Gasteiger partial charge in [-0.15, -0.1) is 0 Å². The highest BCUT2D eigenvalue weighted by atomic mass is 16.5. The number of aromatic nitrogens is 1. The van der Waals surface area contributed by atoms with Gasteiger partial charge >= 0.3 is 11.9 Å². The predicted molar refractivity (Wildman–Crippen MR) is 110 cm³/mol. The van der Waals surface area contributed by atoms with E-state index in [2.05, 4.69) is 4.98 Å². The second-order valence-corrected chi connectivity index (χ2v) is 6.57. The van der Waals surface area contributed by atoms with E-state index in [1.165, 1.54) is 0 Å². The highest BCUT2D eigenvalue weighted by molar-refractivity contribution is 5.94. The first kappa shape index (κ1) is 20.3. The lowest BCUT2D eigenvalue weighted by atomic mass is 9.98. The molecule has 0 aliphatic heterocycles. The van der Waals surface area contributed by atoms with Crippen molar-refractivity contribution in [2.45, 2.75) is 26.9 Å². The van der Waals surface area contributed by atoms with E-state index in [1.807, 2.05) is 60.7 Å². The average molecular weight is 389 g/mol. The van der Waals surface area contributed by atoms with Crippen LogP contribution in [-0.4, -0.2) is 23.5 Å². The van der Waals surface area contributed by atoms with Crippen molar-refractivity contribution in [3.05, 3.63) is 100 Å². The number of carbonyl (C=O) groups excluding carboxylic acids is 2. The molecule has 1 heterocycles. The zero-order valence-electron chi connectivity index (χ0n) is 16.6. The van der Waals surface area contributed by atoms with E-state index < -0.39 is 11.9 Å². The predicted octanol–water partition coefficient (Wildman–Crippen LogP) is 4.51. The zero-order chi connectivity index (χ0) is 20.6. The number of aryl methyl sites for hydroxylation is 1. The van der Waals surface area contributed by atoms with Crippen LogP contribution in [-0.2, 0) is 22.5 Å². The van der Waals surface area contributed by atoms with Crippen LogP contribution in [0.4, 0.5) is 0 Å². The van der Waals surface area contributed by atoms with Gasteiger partial charge in [-0.2, -0.15) is 0 Å². The van der Waals surface area contributed by atoms with Gasteiger partial charge < -0.3 is 9.47 Å². The summed E-state index contributed by atoms with van der Waals surface area (Å²) in [5.41, 5.74) is 3.63. The third-order valence-electron chi connectivity index (χ3n) is 4.42. The van der Waals surface area contributed by atoms with Crippen LogP contribution in [0.25, 0.3) is 0 Å². The van der Waals surface area contributed by atoms with Gasteiger partial charge in [0.1, 0.15) is 12.3 Å². The van der Waals surface area contributed by atoms with Crippen LogP contribution in [0.1, 0.15) is 50.2 Å². The molecule has 0 aliphatic rings. The number of ether oxygens (including phenoxy) is 2. The van der Waals surface area contributed by atoms with Gasteiger partial charge in [0, 0.05) is 0 Å². The van der Waals surface area contributed by atoms with Crippen molar-refractivity contribution in [2.24, 2.45) is 0 Å². The van der Waals surface area contributed by atoms with Crippen molar-refractivity contribution in [2.75, 3.05) is 6.61 Å². The van der Waals surface area contributed by atoms with E-state index >= 15 is 0 Å². The molecule has 0 spiro atoms.